The van der Waals surface area contributed by atoms with Gasteiger partial charge in [-0.3, -0.25) is 15.4 Å². The molecule has 0 aromatic rings. The zero-order valence-corrected chi connectivity index (χ0v) is 19.7. The van der Waals surface area contributed by atoms with E-state index < -0.39 is 35.0 Å². The van der Waals surface area contributed by atoms with E-state index in [2.05, 4.69) is 10.6 Å². The molecule has 4 fully saturated rings. The molecule has 0 heterocycles. The summed E-state index contributed by atoms with van der Waals surface area (Å²) < 4.78 is 16.2. The minimum atomic E-state index is -0.956. The summed E-state index contributed by atoms with van der Waals surface area (Å²) in [5.74, 6) is 1.65. The highest BCUT2D eigenvalue weighted by molar-refractivity contribution is 5.78. The Balaban J connectivity index is 1.61. The molecule has 0 aromatic heterocycles. The second-order valence-electron chi connectivity index (χ2n) is 11.6. The summed E-state index contributed by atoms with van der Waals surface area (Å²) in [4.78, 5) is 37.6. The van der Waals surface area contributed by atoms with E-state index in [1.807, 2.05) is 0 Å². The highest BCUT2D eigenvalue weighted by atomic mass is 16.6. The molecule has 0 aromatic carbocycles. The van der Waals surface area contributed by atoms with Crippen molar-refractivity contribution in [3.05, 3.63) is 0 Å². The van der Waals surface area contributed by atoms with Crippen molar-refractivity contribution in [3.8, 4) is 0 Å². The Kier molecular flexibility index (Phi) is 6.50. The molecule has 0 saturated heterocycles. The third kappa shape index (κ3) is 6.50. The molecule has 4 saturated carbocycles. The van der Waals surface area contributed by atoms with Crippen LogP contribution in [-0.4, -0.2) is 42.1 Å². The van der Waals surface area contributed by atoms with E-state index in [1.54, 1.807) is 41.5 Å². The lowest BCUT2D eigenvalue weighted by Crippen LogP contribution is -2.54. The van der Waals surface area contributed by atoms with Gasteiger partial charge in [0, 0.05) is 0 Å². The molecule has 0 aliphatic heterocycles. The summed E-state index contributed by atoms with van der Waals surface area (Å²) in [5.41, 5.74) is -1.80. The molecule has 0 spiro atoms. The Bertz CT molecular complexity index is 641. The SMILES string of the molecule is CC(C)(C)OC(=O)NC(COC(=O)C12CC3CC(CC(C3)C1)C2)NC(=O)OC(C)(C)C. The maximum absolute atomic E-state index is 13.1. The number of rotatable bonds is 5. The van der Waals surface area contributed by atoms with Crippen molar-refractivity contribution in [2.45, 2.75) is 97.4 Å². The van der Waals surface area contributed by atoms with Gasteiger partial charge in [0.25, 0.3) is 0 Å². The number of nitrogens with one attached hydrogen (secondary N) is 2. The van der Waals surface area contributed by atoms with Gasteiger partial charge >= 0.3 is 18.2 Å². The van der Waals surface area contributed by atoms with Gasteiger partial charge < -0.3 is 14.2 Å². The zero-order chi connectivity index (χ0) is 23.0. The first-order chi connectivity index (χ1) is 14.2. The van der Waals surface area contributed by atoms with E-state index in [9.17, 15) is 14.4 Å². The summed E-state index contributed by atoms with van der Waals surface area (Å²) in [7, 11) is 0. The van der Waals surface area contributed by atoms with Gasteiger partial charge in [-0.1, -0.05) is 0 Å². The van der Waals surface area contributed by atoms with Gasteiger partial charge in [0.15, 0.2) is 0 Å². The van der Waals surface area contributed by atoms with Crippen LogP contribution in [0.2, 0.25) is 0 Å². The summed E-state index contributed by atoms with van der Waals surface area (Å²) >= 11 is 0. The monoisotopic (exact) mass is 438 g/mol. The van der Waals surface area contributed by atoms with Crippen molar-refractivity contribution >= 4 is 18.2 Å². The van der Waals surface area contributed by atoms with Gasteiger partial charge in [-0.2, -0.15) is 0 Å². The number of carbonyl (C=O) groups is 3. The van der Waals surface area contributed by atoms with Crippen LogP contribution in [0.4, 0.5) is 9.59 Å². The van der Waals surface area contributed by atoms with Gasteiger partial charge in [-0.25, -0.2) is 9.59 Å². The third-order valence-corrected chi connectivity index (χ3v) is 6.23. The molecule has 0 atom stereocenters. The van der Waals surface area contributed by atoms with Crippen molar-refractivity contribution in [1.29, 1.82) is 0 Å². The van der Waals surface area contributed by atoms with Crippen LogP contribution < -0.4 is 10.6 Å². The number of ether oxygens (including phenoxy) is 3. The largest absolute Gasteiger partial charge is 0.461 e. The maximum Gasteiger partial charge on any atom is 0.409 e. The van der Waals surface area contributed by atoms with E-state index in [-0.39, 0.29) is 12.6 Å². The Morgan fingerprint density at radius 3 is 1.55 bits per heavy atom. The number of carbonyl (C=O) groups excluding carboxylic acids is 3. The van der Waals surface area contributed by atoms with Crippen LogP contribution in [0.1, 0.15) is 80.1 Å². The van der Waals surface area contributed by atoms with Crippen LogP contribution in [0.5, 0.6) is 0 Å². The quantitative estimate of drug-likeness (QED) is 0.380. The summed E-state index contributed by atoms with van der Waals surface area (Å²) in [6, 6.07) is 0. The fourth-order valence-electron chi connectivity index (χ4n) is 5.69. The van der Waals surface area contributed by atoms with E-state index >= 15 is 0 Å². The number of hydrogen-bond acceptors (Lipinski definition) is 6. The molecule has 4 rings (SSSR count). The molecule has 4 aliphatic carbocycles. The van der Waals surface area contributed by atoms with Crippen LogP contribution >= 0.6 is 0 Å². The van der Waals surface area contributed by atoms with Crippen LogP contribution in [0.25, 0.3) is 0 Å². The highest BCUT2D eigenvalue weighted by Crippen LogP contribution is 2.60. The molecule has 176 valence electrons. The molecule has 2 N–H and O–H groups in total. The topological polar surface area (TPSA) is 103 Å². The van der Waals surface area contributed by atoms with Crippen molar-refractivity contribution in [2.75, 3.05) is 6.61 Å². The van der Waals surface area contributed by atoms with E-state index in [0.717, 1.165) is 19.3 Å². The van der Waals surface area contributed by atoms with Crippen LogP contribution in [0.15, 0.2) is 0 Å². The molecule has 0 unspecified atom stereocenters. The highest BCUT2D eigenvalue weighted by Gasteiger charge is 2.55. The number of hydrogen-bond donors (Lipinski definition) is 2. The molecule has 8 heteroatoms. The smallest absolute Gasteiger partial charge is 0.409 e. The first-order valence-corrected chi connectivity index (χ1v) is 11.4. The van der Waals surface area contributed by atoms with E-state index in [4.69, 9.17) is 14.2 Å². The molecule has 0 radical (unpaired) electrons. The fraction of sp³-hybridized carbons (Fsp3) is 0.870. The lowest BCUT2D eigenvalue weighted by atomic mass is 9.49. The van der Waals surface area contributed by atoms with Gasteiger partial charge in [-0.15, -0.1) is 0 Å². The summed E-state index contributed by atoms with van der Waals surface area (Å²) in [6.07, 6.45) is 3.99. The van der Waals surface area contributed by atoms with Gasteiger partial charge in [0.2, 0.25) is 0 Å². The second kappa shape index (κ2) is 8.51. The molecule has 4 bridgehead atoms. The number of amides is 2. The molecular formula is C23H38N2O6. The lowest BCUT2D eigenvalue weighted by Gasteiger charge is -2.55. The Labute approximate surface area is 185 Å². The minimum Gasteiger partial charge on any atom is -0.461 e. The standard InChI is InChI=1S/C23H38N2O6/c1-21(2,3)30-19(27)24-17(25-20(28)31-22(4,5)6)13-29-18(26)23-10-14-7-15(11-23)9-16(8-14)12-23/h14-17H,7-13H2,1-6H3,(H,24,27)(H,25,28). The molecule has 2 amide bonds. The van der Waals surface area contributed by atoms with Crippen LogP contribution in [-0.2, 0) is 19.0 Å². The zero-order valence-electron chi connectivity index (χ0n) is 19.7. The van der Waals surface area contributed by atoms with Crippen molar-refractivity contribution in [2.24, 2.45) is 23.2 Å². The maximum atomic E-state index is 13.1. The van der Waals surface area contributed by atoms with Crippen LogP contribution in [0.3, 0.4) is 0 Å². The first kappa shape index (κ1) is 23.7. The molecule has 8 nitrogen and oxygen atoms in total. The van der Waals surface area contributed by atoms with Crippen molar-refractivity contribution in [3.63, 3.8) is 0 Å². The van der Waals surface area contributed by atoms with Gasteiger partial charge in [0.1, 0.15) is 24.0 Å². The molecular weight excluding hydrogens is 400 g/mol. The van der Waals surface area contributed by atoms with E-state index in [1.165, 1.54) is 19.3 Å². The average Bonchev–Trinajstić information content (AvgIpc) is 2.54. The predicted molar refractivity (Wildman–Crippen MR) is 114 cm³/mol. The Hall–Kier alpha value is -1.99. The minimum absolute atomic E-state index is 0.181. The second-order valence-corrected chi connectivity index (χ2v) is 11.6. The summed E-state index contributed by atoms with van der Waals surface area (Å²) in [6.45, 7) is 10.3. The summed E-state index contributed by atoms with van der Waals surface area (Å²) in [5, 5.41) is 5.14. The van der Waals surface area contributed by atoms with Crippen LogP contribution in [0, 0.1) is 23.2 Å². The first-order valence-electron chi connectivity index (χ1n) is 11.4. The Morgan fingerprint density at radius 2 is 1.19 bits per heavy atom. The number of esters is 1. The third-order valence-electron chi connectivity index (χ3n) is 6.23. The van der Waals surface area contributed by atoms with Gasteiger partial charge in [-0.05, 0) is 97.8 Å². The Morgan fingerprint density at radius 1 is 0.806 bits per heavy atom. The molecule has 31 heavy (non-hydrogen) atoms. The predicted octanol–water partition coefficient (Wildman–Crippen LogP) is 4.12. The lowest BCUT2D eigenvalue weighted by molar-refractivity contribution is -0.172. The average molecular weight is 439 g/mol. The fourth-order valence-corrected chi connectivity index (χ4v) is 5.69. The van der Waals surface area contributed by atoms with Gasteiger partial charge in [0.05, 0.1) is 5.41 Å². The number of alkyl carbamates (subject to hydrolysis) is 2. The van der Waals surface area contributed by atoms with Crippen molar-refractivity contribution < 1.29 is 28.6 Å². The van der Waals surface area contributed by atoms with E-state index in [0.29, 0.717) is 17.8 Å². The normalized spacial score (nSPS) is 29.5. The molecule has 4 aliphatic rings. The van der Waals surface area contributed by atoms with Crippen molar-refractivity contribution in [1.82, 2.24) is 10.6 Å².